The fourth-order valence-electron chi connectivity index (χ4n) is 1.89. The highest BCUT2D eigenvalue weighted by atomic mass is 32.2. The Bertz CT molecular complexity index is 546. The predicted octanol–water partition coefficient (Wildman–Crippen LogP) is 0.891. The number of sulfone groups is 1. The third-order valence-electron chi connectivity index (χ3n) is 2.67. The molecule has 1 aromatic carbocycles. The minimum Gasteiger partial charge on any atom is -0.468 e. The number of nitrogens with two attached hydrogens (primary N) is 1. The number of ether oxygens (including phenoxy) is 1. The molecule has 106 valence electrons. The Morgan fingerprint density at radius 3 is 2.26 bits per heavy atom. The molecule has 0 aliphatic rings. The molecule has 0 saturated carbocycles. The number of methoxy groups -OCH3 is 1. The fraction of sp³-hybridized carbons (Fsp3) is 0.462. The molecule has 1 rings (SSSR count). The van der Waals surface area contributed by atoms with E-state index in [1.54, 1.807) is 0 Å². The summed E-state index contributed by atoms with van der Waals surface area (Å²) in [6.07, 6.45) is 0. The monoisotopic (exact) mass is 285 g/mol. The molecular weight excluding hydrogens is 266 g/mol. The van der Waals surface area contributed by atoms with E-state index in [1.807, 2.05) is 32.0 Å². The van der Waals surface area contributed by atoms with Crippen molar-refractivity contribution in [3.05, 3.63) is 34.9 Å². The first-order valence-electron chi connectivity index (χ1n) is 5.84. The van der Waals surface area contributed by atoms with Crippen LogP contribution in [-0.2, 0) is 19.4 Å². The fourth-order valence-corrected chi connectivity index (χ4v) is 3.23. The molecule has 0 amide bonds. The van der Waals surface area contributed by atoms with Crippen molar-refractivity contribution in [3.8, 4) is 0 Å². The summed E-state index contributed by atoms with van der Waals surface area (Å²) in [4.78, 5) is 11.0. The molecule has 0 heterocycles. The van der Waals surface area contributed by atoms with E-state index in [9.17, 15) is 13.2 Å². The SMILES string of the molecule is COC(=O)CS(=O)(=O)CC(N)c1cc(C)cc(C)c1. The topological polar surface area (TPSA) is 86.5 Å². The molecule has 0 saturated heterocycles. The van der Waals surface area contributed by atoms with Crippen LogP contribution in [0.5, 0.6) is 0 Å². The lowest BCUT2D eigenvalue weighted by Crippen LogP contribution is -2.27. The van der Waals surface area contributed by atoms with Gasteiger partial charge in [0.25, 0.3) is 0 Å². The van der Waals surface area contributed by atoms with Gasteiger partial charge in [-0.25, -0.2) is 8.42 Å². The summed E-state index contributed by atoms with van der Waals surface area (Å²) in [5.74, 6) is -1.68. The highest BCUT2D eigenvalue weighted by molar-refractivity contribution is 7.92. The first-order chi connectivity index (χ1) is 8.73. The lowest BCUT2D eigenvalue weighted by Gasteiger charge is -2.13. The van der Waals surface area contributed by atoms with Crippen molar-refractivity contribution in [2.24, 2.45) is 5.73 Å². The van der Waals surface area contributed by atoms with Crippen LogP contribution in [0.4, 0.5) is 0 Å². The predicted molar refractivity (Wildman–Crippen MR) is 73.5 cm³/mol. The Balaban J connectivity index is 2.84. The molecule has 0 aliphatic carbocycles. The molecule has 1 unspecified atom stereocenters. The van der Waals surface area contributed by atoms with Crippen molar-refractivity contribution in [2.45, 2.75) is 19.9 Å². The molecule has 0 spiro atoms. The van der Waals surface area contributed by atoms with Crippen molar-refractivity contribution in [1.82, 2.24) is 0 Å². The molecule has 1 aromatic rings. The van der Waals surface area contributed by atoms with Crippen LogP contribution in [0.2, 0.25) is 0 Å². The van der Waals surface area contributed by atoms with Gasteiger partial charge >= 0.3 is 5.97 Å². The van der Waals surface area contributed by atoms with Gasteiger partial charge in [-0.3, -0.25) is 4.79 Å². The van der Waals surface area contributed by atoms with Gasteiger partial charge in [0.15, 0.2) is 9.84 Å². The van der Waals surface area contributed by atoms with Gasteiger partial charge in [-0.1, -0.05) is 29.3 Å². The van der Waals surface area contributed by atoms with Gasteiger partial charge in [0.1, 0.15) is 5.75 Å². The molecule has 2 N–H and O–H groups in total. The zero-order chi connectivity index (χ0) is 14.6. The zero-order valence-electron chi connectivity index (χ0n) is 11.3. The minimum absolute atomic E-state index is 0.273. The van der Waals surface area contributed by atoms with Gasteiger partial charge in [-0.15, -0.1) is 0 Å². The van der Waals surface area contributed by atoms with E-state index in [-0.39, 0.29) is 5.75 Å². The highest BCUT2D eigenvalue weighted by Gasteiger charge is 2.21. The zero-order valence-corrected chi connectivity index (χ0v) is 12.2. The van der Waals surface area contributed by atoms with E-state index < -0.39 is 27.6 Å². The highest BCUT2D eigenvalue weighted by Crippen LogP contribution is 2.17. The minimum atomic E-state index is -3.57. The maximum absolute atomic E-state index is 11.8. The standard InChI is InChI=1S/C13H19NO4S/c1-9-4-10(2)6-11(5-9)12(14)7-19(16,17)8-13(15)18-3/h4-6,12H,7-8,14H2,1-3H3. The number of hydrogen-bond acceptors (Lipinski definition) is 5. The van der Waals surface area contributed by atoms with Crippen molar-refractivity contribution in [1.29, 1.82) is 0 Å². The summed E-state index contributed by atoms with van der Waals surface area (Å²) in [6, 6.07) is 5.05. The van der Waals surface area contributed by atoms with Crippen molar-refractivity contribution >= 4 is 15.8 Å². The second-order valence-electron chi connectivity index (χ2n) is 4.66. The van der Waals surface area contributed by atoms with Crippen LogP contribution in [0.25, 0.3) is 0 Å². The number of hydrogen-bond donors (Lipinski definition) is 1. The van der Waals surface area contributed by atoms with Crippen LogP contribution in [0.15, 0.2) is 18.2 Å². The van der Waals surface area contributed by atoms with Gasteiger partial charge in [0.05, 0.1) is 12.9 Å². The van der Waals surface area contributed by atoms with Crippen LogP contribution < -0.4 is 5.73 Å². The Hall–Kier alpha value is -1.40. The second-order valence-corrected chi connectivity index (χ2v) is 6.77. The molecular formula is C13H19NO4S. The molecule has 6 heteroatoms. The molecule has 5 nitrogen and oxygen atoms in total. The smallest absolute Gasteiger partial charge is 0.320 e. The Morgan fingerprint density at radius 1 is 1.26 bits per heavy atom. The largest absolute Gasteiger partial charge is 0.468 e. The molecule has 0 bridgehead atoms. The first kappa shape index (κ1) is 15.7. The summed E-state index contributed by atoms with van der Waals surface area (Å²) < 4.78 is 27.9. The molecule has 1 atom stereocenters. The Labute approximate surface area is 113 Å². The second kappa shape index (κ2) is 6.16. The van der Waals surface area contributed by atoms with E-state index in [1.165, 1.54) is 0 Å². The van der Waals surface area contributed by atoms with E-state index >= 15 is 0 Å². The van der Waals surface area contributed by atoms with E-state index in [4.69, 9.17) is 5.73 Å². The quantitative estimate of drug-likeness (QED) is 0.812. The average molecular weight is 285 g/mol. The maximum atomic E-state index is 11.8. The van der Waals surface area contributed by atoms with Gasteiger partial charge in [-0.2, -0.15) is 0 Å². The summed E-state index contributed by atoms with van der Waals surface area (Å²) in [7, 11) is -2.41. The van der Waals surface area contributed by atoms with Gasteiger partial charge in [0, 0.05) is 6.04 Å². The average Bonchev–Trinajstić information content (AvgIpc) is 2.26. The summed E-state index contributed by atoms with van der Waals surface area (Å²) in [5.41, 5.74) is 8.71. The van der Waals surface area contributed by atoms with E-state index in [2.05, 4.69) is 4.74 Å². The van der Waals surface area contributed by atoms with Gasteiger partial charge in [0.2, 0.25) is 0 Å². The summed E-state index contributed by atoms with van der Waals surface area (Å²) in [6.45, 7) is 3.85. The first-order valence-corrected chi connectivity index (χ1v) is 7.66. The number of carbonyl (C=O) groups excluding carboxylic acids is 1. The maximum Gasteiger partial charge on any atom is 0.320 e. The lowest BCUT2D eigenvalue weighted by molar-refractivity contribution is -0.137. The molecule has 0 aliphatic heterocycles. The number of aryl methyl sites for hydroxylation is 2. The van der Waals surface area contributed by atoms with Crippen LogP contribution in [0.3, 0.4) is 0 Å². The normalized spacial score (nSPS) is 13.1. The lowest BCUT2D eigenvalue weighted by atomic mass is 10.0. The van der Waals surface area contributed by atoms with Crippen LogP contribution in [-0.4, -0.2) is 33.0 Å². The molecule has 19 heavy (non-hydrogen) atoms. The van der Waals surface area contributed by atoms with Crippen molar-refractivity contribution in [3.63, 3.8) is 0 Å². The third-order valence-corrected chi connectivity index (χ3v) is 4.21. The Morgan fingerprint density at radius 2 is 1.79 bits per heavy atom. The Kier molecular flexibility index (Phi) is 5.08. The van der Waals surface area contributed by atoms with E-state index in [0.29, 0.717) is 0 Å². The summed E-state index contributed by atoms with van der Waals surface area (Å²) in [5, 5.41) is 0. The molecule has 0 aromatic heterocycles. The van der Waals surface area contributed by atoms with Crippen molar-refractivity contribution < 1.29 is 17.9 Å². The van der Waals surface area contributed by atoms with Crippen LogP contribution in [0.1, 0.15) is 22.7 Å². The van der Waals surface area contributed by atoms with Gasteiger partial charge in [-0.05, 0) is 19.4 Å². The molecule has 0 fully saturated rings. The third kappa shape index (κ3) is 5.00. The van der Waals surface area contributed by atoms with Crippen LogP contribution >= 0.6 is 0 Å². The van der Waals surface area contributed by atoms with E-state index in [0.717, 1.165) is 23.8 Å². The number of carbonyl (C=O) groups is 1. The number of esters is 1. The van der Waals surface area contributed by atoms with Crippen LogP contribution in [0, 0.1) is 13.8 Å². The number of rotatable bonds is 5. The number of benzene rings is 1. The van der Waals surface area contributed by atoms with Gasteiger partial charge < -0.3 is 10.5 Å². The summed E-state index contributed by atoms with van der Waals surface area (Å²) >= 11 is 0. The van der Waals surface area contributed by atoms with Crippen molar-refractivity contribution in [2.75, 3.05) is 18.6 Å². The molecule has 0 radical (unpaired) electrons.